The van der Waals surface area contributed by atoms with Crippen molar-refractivity contribution in [3.63, 3.8) is 0 Å². The van der Waals surface area contributed by atoms with Crippen molar-refractivity contribution in [3.05, 3.63) is 59.1 Å². The molecule has 0 saturated carbocycles. The maximum absolute atomic E-state index is 6.13. The molecule has 148 valence electrons. The normalized spacial score (nSPS) is 10.9. The molecule has 0 amide bonds. The minimum atomic E-state index is 0.710. The van der Waals surface area contributed by atoms with Crippen LogP contribution in [-0.2, 0) is 6.54 Å². The van der Waals surface area contributed by atoms with Crippen LogP contribution in [-0.4, -0.2) is 39.1 Å². The third-order valence-corrected chi connectivity index (χ3v) is 5.21. The monoisotopic (exact) mass is 417 g/mol. The Hall–Kier alpha value is -2.09. The Morgan fingerprint density at radius 2 is 2.04 bits per heavy atom. The highest BCUT2D eigenvalue weighted by Crippen LogP contribution is 2.23. The summed E-state index contributed by atoms with van der Waals surface area (Å²) in [5.74, 6) is 1.82. The SMILES string of the molecule is CCCOc1ccc(Cl)cc1CNCCCSc1nnnn1-c1ccccc1. The Bertz CT molecular complexity index is 859. The van der Waals surface area contributed by atoms with Gasteiger partial charge in [-0.05, 0) is 60.1 Å². The highest BCUT2D eigenvalue weighted by molar-refractivity contribution is 7.99. The van der Waals surface area contributed by atoms with Crippen molar-refractivity contribution in [2.75, 3.05) is 18.9 Å². The summed E-state index contributed by atoms with van der Waals surface area (Å²) >= 11 is 7.78. The molecule has 0 aliphatic heterocycles. The van der Waals surface area contributed by atoms with E-state index in [1.54, 1.807) is 16.4 Å². The minimum absolute atomic E-state index is 0.710. The van der Waals surface area contributed by atoms with Gasteiger partial charge in [0.05, 0.1) is 12.3 Å². The molecule has 0 unspecified atom stereocenters. The third-order valence-electron chi connectivity index (χ3n) is 3.97. The number of hydrogen-bond acceptors (Lipinski definition) is 6. The van der Waals surface area contributed by atoms with E-state index >= 15 is 0 Å². The maximum Gasteiger partial charge on any atom is 0.214 e. The van der Waals surface area contributed by atoms with Crippen LogP contribution in [0.1, 0.15) is 25.3 Å². The number of tetrazole rings is 1. The minimum Gasteiger partial charge on any atom is -0.493 e. The van der Waals surface area contributed by atoms with Gasteiger partial charge in [-0.15, -0.1) is 5.10 Å². The number of rotatable bonds is 11. The number of hydrogen-bond donors (Lipinski definition) is 1. The van der Waals surface area contributed by atoms with E-state index in [1.165, 1.54) is 0 Å². The zero-order valence-corrected chi connectivity index (χ0v) is 17.4. The standard InChI is InChI=1S/C20H24ClN5OS/c1-2-12-27-19-10-9-17(21)14-16(19)15-22-11-6-13-28-20-23-24-25-26(20)18-7-4-3-5-8-18/h3-5,7-10,14,22H,2,6,11-13,15H2,1H3. The zero-order valence-electron chi connectivity index (χ0n) is 15.8. The summed E-state index contributed by atoms with van der Waals surface area (Å²) in [6.07, 6.45) is 1.98. The van der Waals surface area contributed by atoms with Crippen molar-refractivity contribution in [2.45, 2.75) is 31.5 Å². The van der Waals surface area contributed by atoms with Crippen molar-refractivity contribution in [2.24, 2.45) is 0 Å². The lowest BCUT2D eigenvalue weighted by Gasteiger charge is -2.12. The number of ether oxygens (including phenoxy) is 1. The molecule has 3 aromatic rings. The van der Waals surface area contributed by atoms with E-state index in [2.05, 4.69) is 27.8 Å². The van der Waals surface area contributed by atoms with E-state index in [0.717, 1.165) is 58.9 Å². The predicted octanol–water partition coefficient (Wildman–Crippen LogP) is 4.38. The quantitative estimate of drug-likeness (QED) is 0.369. The van der Waals surface area contributed by atoms with Crippen LogP contribution in [0.2, 0.25) is 5.02 Å². The molecule has 3 rings (SSSR count). The van der Waals surface area contributed by atoms with E-state index < -0.39 is 0 Å². The molecule has 28 heavy (non-hydrogen) atoms. The van der Waals surface area contributed by atoms with Crippen LogP contribution < -0.4 is 10.1 Å². The summed E-state index contributed by atoms with van der Waals surface area (Å²) in [5.41, 5.74) is 2.05. The molecule has 6 nitrogen and oxygen atoms in total. The Labute approximate surface area is 174 Å². The first-order valence-corrected chi connectivity index (χ1v) is 10.7. The van der Waals surface area contributed by atoms with E-state index in [0.29, 0.717) is 6.61 Å². The van der Waals surface area contributed by atoms with E-state index in [9.17, 15) is 0 Å². The van der Waals surface area contributed by atoms with Crippen LogP contribution in [0.5, 0.6) is 5.75 Å². The van der Waals surface area contributed by atoms with Gasteiger partial charge in [-0.1, -0.05) is 48.5 Å². The Morgan fingerprint density at radius 3 is 2.86 bits per heavy atom. The Kier molecular flexibility index (Phi) is 8.14. The first-order chi connectivity index (χ1) is 13.8. The van der Waals surface area contributed by atoms with Gasteiger partial charge >= 0.3 is 0 Å². The lowest BCUT2D eigenvalue weighted by Crippen LogP contribution is -2.16. The number of aromatic nitrogens is 4. The van der Waals surface area contributed by atoms with Crippen molar-refractivity contribution in [1.82, 2.24) is 25.5 Å². The number of para-hydroxylation sites is 1. The van der Waals surface area contributed by atoms with Crippen LogP contribution in [0.4, 0.5) is 0 Å². The molecule has 0 aliphatic rings. The Morgan fingerprint density at radius 1 is 1.18 bits per heavy atom. The van der Waals surface area contributed by atoms with E-state index in [1.807, 2.05) is 48.5 Å². The van der Waals surface area contributed by atoms with Crippen LogP contribution in [0.15, 0.2) is 53.7 Å². The fraction of sp³-hybridized carbons (Fsp3) is 0.350. The first-order valence-electron chi connectivity index (χ1n) is 9.36. The van der Waals surface area contributed by atoms with Crippen molar-refractivity contribution >= 4 is 23.4 Å². The fourth-order valence-corrected chi connectivity index (χ4v) is 3.65. The number of halogens is 1. The molecule has 0 bridgehead atoms. The second-order valence-corrected chi connectivity index (χ2v) is 7.69. The number of nitrogens with one attached hydrogen (secondary N) is 1. The van der Waals surface area contributed by atoms with Gasteiger partial charge in [0, 0.05) is 22.9 Å². The third kappa shape index (κ3) is 5.95. The molecule has 0 atom stereocenters. The molecule has 8 heteroatoms. The average molecular weight is 418 g/mol. The van der Waals surface area contributed by atoms with Crippen LogP contribution >= 0.6 is 23.4 Å². The lowest BCUT2D eigenvalue weighted by molar-refractivity contribution is 0.313. The van der Waals surface area contributed by atoms with Crippen LogP contribution in [0, 0.1) is 0 Å². The van der Waals surface area contributed by atoms with Gasteiger partial charge in [-0.2, -0.15) is 4.68 Å². The average Bonchev–Trinajstić information content (AvgIpc) is 3.19. The van der Waals surface area contributed by atoms with Gasteiger partial charge in [0.1, 0.15) is 5.75 Å². The molecule has 0 fully saturated rings. The molecule has 1 N–H and O–H groups in total. The molecule has 1 aromatic heterocycles. The molecular weight excluding hydrogens is 394 g/mol. The molecule has 0 spiro atoms. The molecular formula is C20H24ClN5OS. The predicted molar refractivity (Wildman–Crippen MR) is 113 cm³/mol. The smallest absolute Gasteiger partial charge is 0.214 e. The van der Waals surface area contributed by atoms with E-state index in [4.69, 9.17) is 16.3 Å². The summed E-state index contributed by atoms with van der Waals surface area (Å²) < 4.78 is 7.56. The second-order valence-electron chi connectivity index (χ2n) is 6.19. The summed E-state index contributed by atoms with van der Waals surface area (Å²) in [6, 6.07) is 15.7. The topological polar surface area (TPSA) is 64.9 Å². The van der Waals surface area contributed by atoms with Crippen molar-refractivity contribution in [3.8, 4) is 11.4 Å². The molecule has 0 aliphatic carbocycles. The zero-order chi connectivity index (χ0) is 19.6. The fourth-order valence-electron chi connectivity index (χ4n) is 2.62. The summed E-state index contributed by atoms with van der Waals surface area (Å²) in [5, 5.41) is 17.0. The highest BCUT2D eigenvalue weighted by Gasteiger charge is 2.08. The lowest BCUT2D eigenvalue weighted by atomic mass is 10.2. The van der Waals surface area contributed by atoms with E-state index in [-0.39, 0.29) is 0 Å². The molecule has 0 radical (unpaired) electrons. The maximum atomic E-state index is 6.13. The molecule has 2 aromatic carbocycles. The highest BCUT2D eigenvalue weighted by atomic mass is 35.5. The van der Waals surface area contributed by atoms with Gasteiger partial charge in [0.15, 0.2) is 0 Å². The van der Waals surface area contributed by atoms with Crippen LogP contribution in [0.25, 0.3) is 5.69 Å². The van der Waals surface area contributed by atoms with Gasteiger partial charge in [-0.3, -0.25) is 0 Å². The summed E-state index contributed by atoms with van der Waals surface area (Å²) in [7, 11) is 0. The summed E-state index contributed by atoms with van der Waals surface area (Å²) in [4.78, 5) is 0. The molecule has 1 heterocycles. The number of thioether (sulfide) groups is 1. The number of benzene rings is 2. The van der Waals surface area contributed by atoms with Gasteiger partial charge in [0.2, 0.25) is 5.16 Å². The molecule has 0 saturated heterocycles. The van der Waals surface area contributed by atoms with Crippen LogP contribution in [0.3, 0.4) is 0 Å². The Balaban J connectivity index is 1.43. The number of nitrogens with zero attached hydrogens (tertiary/aromatic N) is 4. The van der Waals surface area contributed by atoms with Gasteiger partial charge in [0.25, 0.3) is 0 Å². The van der Waals surface area contributed by atoms with Crippen molar-refractivity contribution < 1.29 is 4.74 Å². The summed E-state index contributed by atoms with van der Waals surface area (Å²) in [6.45, 7) is 4.42. The largest absolute Gasteiger partial charge is 0.493 e. The first kappa shape index (κ1) is 20.6. The van der Waals surface area contributed by atoms with Gasteiger partial charge in [-0.25, -0.2) is 0 Å². The second kappa shape index (κ2) is 11.0. The van der Waals surface area contributed by atoms with Gasteiger partial charge < -0.3 is 10.1 Å². The van der Waals surface area contributed by atoms with Crippen molar-refractivity contribution in [1.29, 1.82) is 0 Å².